The largest absolute Gasteiger partial charge is 0.496 e. The fourth-order valence-electron chi connectivity index (χ4n) is 3.12. The van der Waals surface area contributed by atoms with Gasteiger partial charge in [0.05, 0.1) is 13.7 Å². The molecule has 7 heteroatoms. The topological polar surface area (TPSA) is 58.6 Å². The molecule has 0 bridgehead atoms. The second-order valence-corrected chi connectivity index (χ2v) is 7.23. The highest BCUT2D eigenvalue weighted by atomic mass is 35.5. The Labute approximate surface area is 161 Å². The van der Waals surface area contributed by atoms with Crippen LogP contribution in [0.15, 0.2) is 36.4 Å². The van der Waals surface area contributed by atoms with Crippen LogP contribution in [0.3, 0.4) is 0 Å². The van der Waals surface area contributed by atoms with E-state index in [0.29, 0.717) is 21.4 Å². The van der Waals surface area contributed by atoms with E-state index < -0.39 is 11.6 Å². The molecule has 26 heavy (non-hydrogen) atoms. The molecule has 0 unspecified atom stereocenters. The molecule has 136 valence electrons. The molecule has 2 aromatic carbocycles. The third-order valence-corrected chi connectivity index (χ3v) is 5.06. The Morgan fingerprint density at radius 3 is 2.54 bits per heavy atom. The molecule has 3 amide bonds. The van der Waals surface area contributed by atoms with E-state index in [-0.39, 0.29) is 12.5 Å². The number of nitrogens with one attached hydrogen (secondary N) is 1. The van der Waals surface area contributed by atoms with Gasteiger partial charge in [-0.3, -0.25) is 9.69 Å². The maximum absolute atomic E-state index is 13.1. The zero-order valence-electron chi connectivity index (χ0n) is 14.6. The Bertz CT molecular complexity index is 900. The number of amides is 3. The first-order valence-corrected chi connectivity index (χ1v) is 8.75. The molecule has 0 aromatic heterocycles. The number of rotatable bonds is 4. The Morgan fingerprint density at radius 1 is 1.15 bits per heavy atom. The van der Waals surface area contributed by atoms with Crippen LogP contribution in [0.1, 0.15) is 23.6 Å². The van der Waals surface area contributed by atoms with Crippen molar-refractivity contribution in [3.63, 3.8) is 0 Å². The number of nitrogens with zero attached hydrogens (tertiary/aromatic N) is 1. The maximum atomic E-state index is 13.1. The van der Waals surface area contributed by atoms with Gasteiger partial charge in [0.15, 0.2) is 0 Å². The highest BCUT2D eigenvalue weighted by Crippen LogP contribution is 2.36. The summed E-state index contributed by atoms with van der Waals surface area (Å²) in [4.78, 5) is 26.8. The van der Waals surface area contributed by atoms with Crippen molar-refractivity contribution in [3.05, 3.63) is 63.1 Å². The van der Waals surface area contributed by atoms with Crippen molar-refractivity contribution in [2.45, 2.75) is 25.9 Å². The molecular weight excluding hydrogens is 375 g/mol. The van der Waals surface area contributed by atoms with Gasteiger partial charge < -0.3 is 10.1 Å². The molecule has 0 aliphatic carbocycles. The van der Waals surface area contributed by atoms with E-state index in [9.17, 15) is 9.59 Å². The summed E-state index contributed by atoms with van der Waals surface area (Å²) in [6.07, 6.45) is 0. The number of methoxy groups -OCH3 is 1. The van der Waals surface area contributed by atoms with Gasteiger partial charge in [-0.2, -0.15) is 0 Å². The Kier molecular flexibility index (Phi) is 4.86. The molecule has 3 rings (SSSR count). The molecule has 5 nitrogen and oxygen atoms in total. The number of urea groups is 1. The summed E-state index contributed by atoms with van der Waals surface area (Å²) in [5.41, 5.74) is 1.01. The first-order valence-electron chi connectivity index (χ1n) is 7.99. The number of hydrogen-bond donors (Lipinski definition) is 1. The lowest BCUT2D eigenvalue weighted by atomic mass is 9.92. The van der Waals surface area contributed by atoms with Gasteiger partial charge in [0.25, 0.3) is 5.91 Å². The van der Waals surface area contributed by atoms with E-state index in [1.54, 1.807) is 32.2 Å². The van der Waals surface area contributed by atoms with Gasteiger partial charge in [-0.1, -0.05) is 47.0 Å². The number of carbonyl (C=O) groups is 2. The van der Waals surface area contributed by atoms with E-state index >= 15 is 0 Å². The molecule has 1 aliphatic heterocycles. The predicted molar refractivity (Wildman–Crippen MR) is 101 cm³/mol. The molecule has 1 N–H and O–H groups in total. The number of carbonyl (C=O) groups excluding carboxylic acids is 2. The maximum Gasteiger partial charge on any atom is 0.325 e. The normalized spacial score (nSPS) is 19.7. The highest BCUT2D eigenvalue weighted by molar-refractivity contribution is 6.35. The number of hydrogen-bond acceptors (Lipinski definition) is 3. The van der Waals surface area contributed by atoms with Gasteiger partial charge in [-0.15, -0.1) is 0 Å². The molecule has 1 saturated heterocycles. The first kappa shape index (κ1) is 18.5. The van der Waals surface area contributed by atoms with E-state index in [1.165, 1.54) is 4.90 Å². The summed E-state index contributed by atoms with van der Waals surface area (Å²) in [6.45, 7) is 3.68. The van der Waals surface area contributed by atoms with Crippen LogP contribution in [0.5, 0.6) is 5.75 Å². The van der Waals surface area contributed by atoms with Gasteiger partial charge in [0, 0.05) is 21.2 Å². The fourth-order valence-corrected chi connectivity index (χ4v) is 3.72. The molecular formula is C19H18Cl2N2O3. The van der Waals surface area contributed by atoms with Gasteiger partial charge in [-0.25, -0.2) is 4.79 Å². The van der Waals surface area contributed by atoms with E-state index in [4.69, 9.17) is 27.9 Å². The fraction of sp³-hybridized carbons (Fsp3) is 0.263. The van der Waals surface area contributed by atoms with Gasteiger partial charge in [0.2, 0.25) is 0 Å². The lowest BCUT2D eigenvalue weighted by molar-refractivity contribution is -0.131. The van der Waals surface area contributed by atoms with Gasteiger partial charge in [0.1, 0.15) is 11.3 Å². The van der Waals surface area contributed by atoms with E-state index in [2.05, 4.69) is 5.32 Å². The molecule has 2 aromatic rings. The van der Waals surface area contributed by atoms with E-state index in [1.807, 2.05) is 25.1 Å². The first-order chi connectivity index (χ1) is 12.3. The van der Waals surface area contributed by atoms with Crippen molar-refractivity contribution in [2.24, 2.45) is 0 Å². The van der Waals surface area contributed by atoms with Crippen LogP contribution in [0.4, 0.5) is 4.79 Å². The molecule has 1 aliphatic rings. The minimum atomic E-state index is -1.25. The van der Waals surface area contributed by atoms with Gasteiger partial charge in [-0.05, 0) is 32.0 Å². The van der Waals surface area contributed by atoms with Crippen LogP contribution in [0.25, 0.3) is 0 Å². The quantitative estimate of drug-likeness (QED) is 0.789. The Balaban J connectivity index is 1.96. The number of benzene rings is 2. The number of imide groups is 1. The summed E-state index contributed by atoms with van der Waals surface area (Å²) in [5, 5.41) is 3.53. The van der Waals surface area contributed by atoms with Crippen LogP contribution in [0, 0.1) is 6.92 Å². The van der Waals surface area contributed by atoms with Crippen LogP contribution in [-0.2, 0) is 16.9 Å². The van der Waals surface area contributed by atoms with Crippen molar-refractivity contribution in [1.82, 2.24) is 10.2 Å². The second-order valence-electron chi connectivity index (χ2n) is 6.39. The summed E-state index contributed by atoms with van der Waals surface area (Å²) in [5.74, 6) is 0.240. The molecule has 1 atom stereocenters. The standard InChI is InChI=1S/C19H18Cl2N2O3/c1-11-4-7-16(26-3)12(8-11)10-23-17(24)19(2,22-18(23)25)14-6-5-13(20)9-15(14)21/h4-9H,10H2,1-3H3,(H,22,25)/t19-/m1/s1. The van der Waals surface area contributed by atoms with Crippen LogP contribution >= 0.6 is 23.2 Å². The van der Waals surface area contributed by atoms with Crippen molar-refractivity contribution >= 4 is 35.1 Å². The zero-order chi connectivity index (χ0) is 19.1. The zero-order valence-corrected chi connectivity index (χ0v) is 16.1. The van der Waals surface area contributed by atoms with Crippen molar-refractivity contribution in [2.75, 3.05) is 7.11 Å². The van der Waals surface area contributed by atoms with Crippen molar-refractivity contribution < 1.29 is 14.3 Å². The summed E-state index contributed by atoms with van der Waals surface area (Å²) in [7, 11) is 1.55. The highest BCUT2D eigenvalue weighted by Gasteiger charge is 2.50. The summed E-state index contributed by atoms with van der Waals surface area (Å²) < 4.78 is 5.34. The smallest absolute Gasteiger partial charge is 0.325 e. The monoisotopic (exact) mass is 392 g/mol. The number of aryl methyl sites for hydroxylation is 1. The molecule has 0 radical (unpaired) electrons. The van der Waals surface area contributed by atoms with Crippen molar-refractivity contribution in [1.29, 1.82) is 0 Å². The third-order valence-electron chi connectivity index (χ3n) is 4.51. The minimum Gasteiger partial charge on any atom is -0.496 e. The van der Waals surface area contributed by atoms with Crippen LogP contribution in [-0.4, -0.2) is 23.9 Å². The van der Waals surface area contributed by atoms with Gasteiger partial charge >= 0.3 is 6.03 Å². The third kappa shape index (κ3) is 3.13. The predicted octanol–water partition coefficient (Wildman–Crippen LogP) is 4.28. The molecule has 0 spiro atoms. The van der Waals surface area contributed by atoms with Crippen molar-refractivity contribution in [3.8, 4) is 5.75 Å². The molecule has 1 fully saturated rings. The summed E-state index contributed by atoms with van der Waals surface area (Å²) >= 11 is 12.2. The second kappa shape index (κ2) is 6.82. The average molecular weight is 393 g/mol. The lowest BCUT2D eigenvalue weighted by Crippen LogP contribution is -2.41. The SMILES string of the molecule is COc1ccc(C)cc1CN1C(=O)N[C@](C)(c2ccc(Cl)cc2Cl)C1=O. The van der Waals surface area contributed by atoms with Crippen LogP contribution < -0.4 is 10.1 Å². The molecule has 1 heterocycles. The molecule has 0 saturated carbocycles. The Hall–Kier alpha value is -2.24. The average Bonchev–Trinajstić information content (AvgIpc) is 2.79. The Morgan fingerprint density at radius 2 is 1.88 bits per heavy atom. The van der Waals surface area contributed by atoms with Crippen LogP contribution in [0.2, 0.25) is 10.0 Å². The summed E-state index contributed by atoms with van der Waals surface area (Å²) in [6, 6.07) is 9.98. The number of halogens is 2. The lowest BCUT2D eigenvalue weighted by Gasteiger charge is -2.23. The number of ether oxygens (including phenoxy) is 1. The minimum absolute atomic E-state index is 0.107. The van der Waals surface area contributed by atoms with E-state index in [0.717, 1.165) is 11.1 Å².